The van der Waals surface area contributed by atoms with Gasteiger partial charge in [0.25, 0.3) is 0 Å². The molecule has 0 radical (unpaired) electrons. The fraction of sp³-hybridized carbons (Fsp3) is 0.562. The van der Waals surface area contributed by atoms with E-state index in [9.17, 15) is 4.79 Å². The minimum absolute atomic E-state index is 0.200. The maximum Gasteiger partial charge on any atom is 0.325 e. The predicted octanol–water partition coefficient (Wildman–Crippen LogP) is 3.89. The van der Waals surface area contributed by atoms with Crippen molar-refractivity contribution >= 4 is 29.3 Å². The number of thioether (sulfide) groups is 1. The lowest BCUT2D eigenvalue weighted by Crippen LogP contribution is -2.50. The van der Waals surface area contributed by atoms with Gasteiger partial charge in [0.05, 0.1) is 7.11 Å². The van der Waals surface area contributed by atoms with Crippen LogP contribution in [0, 0.1) is 0 Å². The van der Waals surface area contributed by atoms with E-state index >= 15 is 0 Å². The highest BCUT2D eigenvalue weighted by Gasteiger charge is 2.32. The smallest absolute Gasteiger partial charge is 0.325 e. The molecular weight excluding hydrogens is 306 g/mol. The van der Waals surface area contributed by atoms with Gasteiger partial charge in [-0.1, -0.05) is 36.7 Å². The number of carbonyl (C=O) groups excluding carboxylic acids is 1. The van der Waals surface area contributed by atoms with Crippen molar-refractivity contribution in [1.29, 1.82) is 0 Å². The minimum Gasteiger partial charge on any atom is -0.468 e. The van der Waals surface area contributed by atoms with E-state index in [1.165, 1.54) is 7.11 Å². The van der Waals surface area contributed by atoms with E-state index < -0.39 is 5.54 Å². The molecule has 1 rings (SSSR count). The summed E-state index contributed by atoms with van der Waals surface area (Å²) in [5.41, 5.74) is 0.517. The number of halogens is 1. The molecule has 1 atom stereocenters. The number of carbonyl (C=O) groups is 1. The first-order chi connectivity index (χ1) is 10.0. The summed E-state index contributed by atoms with van der Waals surface area (Å²) in [7, 11) is 1.44. The first-order valence-corrected chi connectivity index (χ1v) is 8.71. The summed E-state index contributed by atoms with van der Waals surface area (Å²) in [4.78, 5) is 11.9. The molecule has 0 aliphatic carbocycles. The van der Waals surface area contributed by atoms with E-state index in [1.807, 2.05) is 31.2 Å². The molecule has 1 aromatic rings. The lowest BCUT2D eigenvalue weighted by molar-refractivity contribution is -0.148. The molecule has 0 heterocycles. The highest BCUT2D eigenvalue weighted by Crippen LogP contribution is 2.23. The third-order valence-electron chi connectivity index (χ3n) is 3.36. The molecule has 5 heteroatoms. The largest absolute Gasteiger partial charge is 0.468 e. The van der Waals surface area contributed by atoms with E-state index in [0.717, 1.165) is 41.5 Å². The van der Waals surface area contributed by atoms with E-state index in [0.29, 0.717) is 0 Å². The lowest BCUT2D eigenvalue weighted by atomic mass is 9.99. The van der Waals surface area contributed by atoms with E-state index in [4.69, 9.17) is 16.3 Å². The molecule has 1 unspecified atom stereocenters. The van der Waals surface area contributed by atoms with Crippen molar-refractivity contribution in [2.24, 2.45) is 0 Å². The second-order valence-electron chi connectivity index (χ2n) is 5.14. The number of esters is 1. The SMILES string of the molecule is CCCNC(C)(CCSCc1ccccc1Cl)C(=O)OC. The van der Waals surface area contributed by atoms with Crippen molar-refractivity contribution in [2.75, 3.05) is 19.4 Å². The second-order valence-corrected chi connectivity index (χ2v) is 6.66. The molecule has 3 nitrogen and oxygen atoms in total. The van der Waals surface area contributed by atoms with Crippen LogP contribution in [0.5, 0.6) is 0 Å². The lowest BCUT2D eigenvalue weighted by Gasteiger charge is -2.27. The highest BCUT2D eigenvalue weighted by atomic mass is 35.5. The Kier molecular flexibility index (Phi) is 8.15. The van der Waals surface area contributed by atoms with Gasteiger partial charge in [-0.3, -0.25) is 4.79 Å². The average molecular weight is 330 g/mol. The quantitative estimate of drug-likeness (QED) is 0.551. The number of hydrogen-bond donors (Lipinski definition) is 1. The standard InChI is InChI=1S/C16H24ClNO2S/c1-4-10-18-16(2,15(19)20-3)9-11-21-12-13-7-5-6-8-14(13)17/h5-8,18H,4,9-12H2,1-3H3. The summed E-state index contributed by atoms with van der Waals surface area (Å²) in [6.07, 6.45) is 1.72. The van der Waals surface area contributed by atoms with Crippen LogP contribution >= 0.6 is 23.4 Å². The van der Waals surface area contributed by atoms with Crippen LogP contribution in [0.25, 0.3) is 0 Å². The van der Waals surface area contributed by atoms with Crippen LogP contribution < -0.4 is 5.32 Å². The Morgan fingerprint density at radius 1 is 1.43 bits per heavy atom. The fourth-order valence-electron chi connectivity index (χ4n) is 1.96. The van der Waals surface area contributed by atoms with Crippen molar-refractivity contribution in [3.63, 3.8) is 0 Å². The molecule has 1 N–H and O–H groups in total. The average Bonchev–Trinajstić information content (AvgIpc) is 2.50. The van der Waals surface area contributed by atoms with Crippen LogP contribution in [0.4, 0.5) is 0 Å². The number of nitrogens with one attached hydrogen (secondary N) is 1. The normalized spacial score (nSPS) is 13.7. The molecule has 21 heavy (non-hydrogen) atoms. The van der Waals surface area contributed by atoms with Gasteiger partial charge in [-0.15, -0.1) is 0 Å². The molecule has 0 saturated carbocycles. The molecule has 1 aromatic carbocycles. The molecule has 0 spiro atoms. The molecule has 0 saturated heterocycles. The predicted molar refractivity (Wildman–Crippen MR) is 90.9 cm³/mol. The maximum atomic E-state index is 11.9. The Morgan fingerprint density at radius 2 is 2.14 bits per heavy atom. The Hall–Kier alpha value is -0.710. The molecule has 0 fully saturated rings. The topological polar surface area (TPSA) is 38.3 Å². The Labute approximate surface area is 136 Å². The summed E-state index contributed by atoms with van der Waals surface area (Å²) in [6, 6.07) is 7.85. The zero-order valence-corrected chi connectivity index (χ0v) is 14.5. The summed E-state index contributed by atoms with van der Waals surface area (Å²) in [5, 5.41) is 4.09. The van der Waals surface area contributed by atoms with Crippen LogP contribution in [0.3, 0.4) is 0 Å². The van der Waals surface area contributed by atoms with Crippen LogP contribution in [0.15, 0.2) is 24.3 Å². The minimum atomic E-state index is -0.613. The molecule has 0 bridgehead atoms. The number of ether oxygens (including phenoxy) is 1. The van der Waals surface area contributed by atoms with Gasteiger partial charge in [0.1, 0.15) is 5.54 Å². The molecular formula is C16H24ClNO2S. The monoisotopic (exact) mass is 329 g/mol. The molecule has 0 aliphatic heterocycles. The number of methoxy groups -OCH3 is 1. The number of rotatable bonds is 9. The van der Waals surface area contributed by atoms with Gasteiger partial charge in [0.2, 0.25) is 0 Å². The van der Waals surface area contributed by atoms with Gasteiger partial charge >= 0.3 is 5.97 Å². The van der Waals surface area contributed by atoms with E-state index in [1.54, 1.807) is 11.8 Å². The van der Waals surface area contributed by atoms with Gasteiger partial charge < -0.3 is 10.1 Å². The van der Waals surface area contributed by atoms with Crippen LogP contribution in [-0.2, 0) is 15.3 Å². The van der Waals surface area contributed by atoms with Crippen molar-refractivity contribution in [3.05, 3.63) is 34.9 Å². The van der Waals surface area contributed by atoms with Gasteiger partial charge in [-0.05, 0) is 43.7 Å². The van der Waals surface area contributed by atoms with Gasteiger partial charge in [0.15, 0.2) is 0 Å². The van der Waals surface area contributed by atoms with E-state index in [-0.39, 0.29) is 5.97 Å². The maximum absolute atomic E-state index is 11.9. The summed E-state index contributed by atoms with van der Waals surface area (Å²) in [6.45, 7) is 4.79. The summed E-state index contributed by atoms with van der Waals surface area (Å²) >= 11 is 7.91. The van der Waals surface area contributed by atoms with Crippen molar-refractivity contribution in [2.45, 2.75) is 38.0 Å². The van der Waals surface area contributed by atoms with Crippen LogP contribution in [-0.4, -0.2) is 30.9 Å². The third kappa shape index (κ3) is 5.89. The molecule has 0 amide bonds. The highest BCUT2D eigenvalue weighted by molar-refractivity contribution is 7.98. The van der Waals surface area contributed by atoms with Crippen molar-refractivity contribution in [3.8, 4) is 0 Å². The Morgan fingerprint density at radius 3 is 2.76 bits per heavy atom. The first kappa shape index (κ1) is 18.3. The summed E-state index contributed by atoms with van der Waals surface area (Å²) < 4.78 is 4.92. The van der Waals surface area contributed by atoms with Crippen molar-refractivity contribution in [1.82, 2.24) is 5.32 Å². The fourth-order valence-corrected chi connectivity index (χ4v) is 3.41. The van der Waals surface area contributed by atoms with Gasteiger partial charge in [0, 0.05) is 10.8 Å². The molecule has 118 valence electrons. The zero-order chi connectivity index (χ0) is 15.7. The first-order valence-electron chi connectivity index (χ1n) is 7.18. The summed E-state index contributed by atoms with van der Waals surface area (Å²) in [5.74, 6) is 1.52. The number of benzene rings is 1. The van der Waals surface area contributed by atoms with E-state index in [2.05, 4.69) is 12.2 Å². The third-order valence-corrected chi connectivity index (χ3v) is 4.74. The second kappa shape index (κ2) is 9.34. The molecule has 0 aliphatic rings. The van der Waals surface area contributed by atoms with Crippen molar-refractivity contribution < 1.29 is 9.53 Å². The molecule has 0 aromatic heterocycles. The van der Waals surface area contributed by atoms with Crippen LogP contribution in [0.2, 0.25) is 5.02 Å². The Balaban J connectivity index is 2.46. The Bertz CT molecular complexity index is 456. The van der Waals surface area contributed by atoms with Crippen LogP contribution in [0.1, 0.15) is 32.3 Å². The zero-order valence-electron chi connectivity index (χ0n) is 12.9. The van der Waals surface area contributed by atoms with Gasteiger partial charge in [-0.2, -0.15) is 11.8 Å². The number of hydrogen-bond acceptors (Lipinski definition) is 4. The van der Waals surface area contributed by atoms with Gasteiger partial charge in [-0.25, -0.2) is 0 Å².